The van der Waals surface area contributed by atoms with Crippen molar-refractivity contribution in [3.8, 4) is 0 Å². The normalized spacial score (nSPS) is 13.6. The summed E-state index contributed by atoms with van der Waals surface area (Å²) in [4.78, 5) is 0. The Morgan fingerprint density at radius 2 is 0.889 bits per heavy atom. The van der Waals surface area contributed by atoms with Crippen LogP contribution in [0.2, 0.25) is 0 Å². The molecule has 0 aliphatic carbocycles. The van der Waals surface area contributed by atoms with Crippen LogP contribution in [-0.4, -0.2) is 25.3 Å². The summed E-state index contributed by atoms with van der Waals surface area (Å²) in [6.07, 6.45) is 0. The molecule has 0 saturated heterocycles. The Labute approximate surface area is 52.6 Å². The summed E-state index contributed by atoms with van der Waals surface area (Å²) in [5, 5.41) is -10.1. The second-order valence-corrected chi connectivity index (χ2v) is 2.83. The van der Waals surface area contributed by atoms with Crippen LogP contribution in [0.25, 0.3) is 0 Å². The van der Waals surface area contributed by atoms with E-state index in [2.05, 4.69) is 0 Å². The van der Waals surface area contributed by atoms with Crippen LogP contribution in [-0.2, 0) is 0 Å². The van der Waals surface area contributed by atoms with Crippen molar-refractivity contribution in [2.75, 3.05) is 0 Å². The van der Waals surface area contributed by atoms with E-state index in [1.165, 1.54) is 0 Å². The predicted octanol–water partition coefficient (Wildman–Crippen LogP) is 1.73. The third-order valence-corrected chi connectivity index (χ3v) is 0.982. The summed E-state index contributed by atoms with van der Waals surface area (Å²) in [7, 11) is 0. The maximum absolute atomic E-state index is 10.9. The van der Waals surface area contributed by atoms with E-state index < -0.39 is 25.3 Å². The first-order valence-electron chi connectivity index (χ1n) is 1.71. The molecule has 0 aliphatic rings. The predicted molar refractivity (Wildman–Crippen MR) is 17.9 cm³/mol. The minimum atomic E-state index is -5.06. The van der Waals surface area contributed by atoms with E-state index in [0.717, 1.165) is 0 Å². The van der Waals surface area contributed by atoms with Crippen LogP contribution in [0.1, 0.15) is 0 Å². The molecule has 0 rings (SSSR count). The first kappa shape index (κ1) is 9.11. The Kier molecular flexibility index (Phi) is 2.42. The second kappa shape index (κ2) is 2.39. The Morgan fingerprint density at radius 3 is 0.889 bits per heavy atom. The molecule has 0 heterocycles. The van der Waals surface area contributed by atoms with E-state index in [-0.39, 0.29) is 0 Å². The van der Waals surface area contributed by atoms with Gasteiger partial charge in [-0.3, -0.25) is 0 Å². The van der Waals surface area contributed by atoms with E-state index in [4.69, 9.17) is 0 Å². The largest absolute Gasteiger partial charge is 0.546 e. The summed E-state index contributed by atoms with van der Waals surface area (Å²) < 4.78 is 65.2. The fourth-order valence-electron chi connectivity index (χ4n) is 0.186. The zero-order valence-corrected chi connectivity index (χ0v) is 5.00. The average molecular weight is 165 g/mol. The highest BCUT2D eigenvalue weighted by Crippen LogP contribution is 2.23. The molecule has 0 bridgehead atoms. The highest BCUT2D eigenvalue weighted by Gasteiger charge is 2.47. The minimum absolute atomic E-state index is 3.43. The van der Waals surface area contributed by atoms with Crippen LogP contribution in [0.15, 0.2) is 0 Å². The molecule has 0 unspecified atom stereocenters. The van der Waals surface area contributed by atoms with Crippen molar-refractivity contribution >= 4 is 15.2 Å². The number of halogens is 6. The molecule has 0 nitrogen and oxygen atoms in total. The van der Waals surface area contributed by atoms with Gasteiger partial charge in [-0.25, -0.2) is 0 Å². The van der Waals surface area contributed by atoms with Gasteiger partial charge in [0, 0.05) is 0 Å². The molecule has 0 atom stereocenters. The lowest BCUT2D eigenvalue weighted by atomic mass is 11.5. The third kappa shape index (κ3) is 8.11. The molecule has 0 fully saturated rings. The maximum Gasteiger partial charge on any atom is 0.546 e. The molecule has 7 heteroatoms. The van der Waals surface area contributed by atoms with Crippen molar-refractivity contribution in [2.24, 2.45) is 0 Å². The molecule has 0 aromatic rings. The van der Waals surface area contributed by atoms with Gasteiger partial charge in [0.05, 0.1) is 0 Å². The van der Waals surface area contributed by atoms with E-state index in [9.17, 15) is 26.3 Å². The molecule has 0 saturated carbocycles. The first-order valence-corrected chi connectivity index (χ1v) is 2.87. The Balaban J connectivity index is 3.75. The van der Waals surface area contributed by atoms with E-state index in [1.54, 1.807) is 0 Å². The maximum atomic E-state index is 10.9. The van der Waals surface area contributed by atoms with Crippen molar-refractivity contribution in [1.82, 2.24) is 0 Å². The third-order valence-electron chi connectivity index (χ3n) is 0.327. The Morgan fingerprint density at radius 1 is 0.667 bits per heavy atom. The summed E-state index contributed by atoms with van der Waals surface area (Å²) >= 11 is -3.43. The zero-order chi connectivity index (χ0) is 7.71. The highest BCUT2D eigenvalue weighted by molar-refractivity contribution is 6.40. The number of hydrogen-bond donors (Lipinski definition) is 0. The molecular weight excluding hydrogens is 165 g/mol. The van der Waals surface area contributed by atoms with Crippen LogP contribution < -0.4 is 0 Å². The molecule has 0 aromatic carbocycles. The quantitative estimate of drug-likeness (QED) is 0.378. The van der Waals surface area contributed by atoms with Crippen molar-refractivity contribution in [1.29, 1.82) is 0 Å². The molecule has 0 amide bonds. The van der Waals surface area contributed by atoms with Crippen LogP contribution in [0.4, 0.5) is 26.3 Å². The van der Waals surface area contributed by atoms with Gasteiger partial charge in [0.2, 0.25) is 0 Å². The second-order valence-electron chi connectivity index (χ2n) is 1.23. The summed E-state index contributed by atoms with van der Waals surface area (Å²) in [6, 6.07) is 0. The van der Waals surface area contributed by atoms with Crippen molar-refractivity contribution in [2.45, 2.75) is 10.1 Å². The monoisotopic (exact) mass is 165 g/mol. The number of hydrogen-bond acceptors (Lipinski definition) is 0. The van der Waals surface area contributed by atoms with E-state index in [1.807, 2.05) is 0 Å². The summed E-state index contributed by atoms with van der Waals surface area (Å²) in [5.41, 5.74) is 0. The SMILES string of the molecule is F[C](F)(F)[Al][C](F)(F)F. The van der Waals surface area contributed by atoms with Gasteiger partial charge in [-0.15, -0.1) is 0 Å². The molecule has 0 N–H and O–H groups in total. The van der Waals surface area contributed by atoms with Crippen LogP contribution in [0.3, 0.4) is 0 Å². The van der Waals surface area contributed by atoms with E-state index in [0.29, 0.717) is 0 Å². The molecule has 0 aromatic heterocycles. The van der Waals surface area contributed by atoms with Gasteiger partial charge in [0.1, 0.15) is 0 Å². The average Bonchev–Trinajstić information content (AvgIpc) is 1.14. The van der Waals surface area contributed by atoms with Crippen molar-refractivity contribution in [3.05, 3.63) is 0 Å². The lowest BCUT2D eigenvalue weighted by Crippen LogP contribution is -2.32. The van der Waals surface area contributed by atoms with Crippen LogP contribution in [0.5, 0.6) is 0 Å². The molecule has 9 heavy (non-hydrogen) atoms. The molecule has 0 spiro atoms. The fourth-order valence-corrected chi connectivity index (χ4v) is 0.557. The standard InChI is InChI=1S/2CF3.Al/c2*2-1(3)4;. The Hall–Kier alpha value is 0.112. The van der Waals surface area contributed by atoms with Gasteiger partial charge >= 0.3 is 25.3 Å². The first-order chi connectivity index (χ1) is 3.71. The summed E-state index contributed by atoms with van der Waals surface area (Å²) in [5.74, 6) is 0. The molecule has 0 aliphatic heterocycles. The van der Waals surface area contributed by atoms with Gasteiger partial charge in [-0.2, -0.15) is 26.3 Å². The highest BCUT2D eigenvalue weighted by atomic mass is 27.1. The smallest absolute Gasteiger partial charge is 0.192 e. The fraction of sp³-hybridized carbons (Fsp3) is 1.00. The van der Waals surface area contributed by atoms with Crippen LogP contribution in [0, 0.1) is 0 Å². The zero-order valence-electron chi connectivity index (χ0n) is 3.85. The summed E-state index contributed by atoms with van der Waals surface area (Å²) in [6.45, 7) is 0. The van der Waals surface area contributed by atoms with Crippen LogP contribution >= 0.6 is 0 Å². The number of alkyl halides is 6. The van der Waals surface area contributed by atoms with E-state index >= 15 is 0 Å². The van der Waals surface area contributed by atoms with Gasteiger partial charge in [-0.05, 0) is 0 Å². The van der Waals surface area contributed by atoms with Gasteiger partial charge in [0.15, 0.2) is 0 Å². The molecular formula is C2AlF6. The minimum Gasteiger partial charge on any atom is -0.192 e. The number of rotatable bonds is 0. The molecule has 53 valence electrons. The Bertz CT molecular complexity index is 76.2. The van der Waals surface area contributed by atoms with Gasteiger partial charge < -0.3 is 0 Å². The molecule has 1 radical (unpaired) electrons. The van der Waals surface area contributed by atoms with Gasteiger partial charge in [0.25, 0.3) is 0 Å². The lowest BCUT2D eigenvalue weighted by Gasteiger charge is -2.06. The van der Waals surface area contributed by atoms with Gasteiger partial charge in [-0.1, -0.05) is 0 Å². The lowest BCUT2D eigenvalue weighted by molar-refractivity contribution is -0.0955. The van der Waals surface area contributed by atoms with Crippen molar-refractivity contribution < 1.29 is 26.3 Å². The topological polar surface area (TPSA) is 0 Å². The van der Waals surface area contributed by atoms with Crippen molar-refractivity contribution in [3.63, 3.8) is 0 Å².